The Bertz CT molecular complexity index is 556. The molecule has 1 unspecified atom stereocenters. The molecule has 23 heavy (non-hydrogen) atoms. The Labute approximate surface area is 136 Å². The predicted octanol–water partition coefficient (Wildman–Crippen LogP) is 1.41. The number of nitrogens with two attached hydrogens (primary N) is 1. The lowest BCUT2D eigenvalue weighted by atomic mass is 10.2. The molecule has 1 atom stereocenters. The van der Waals surface area contributed by atoms with E-state index in [1.807, 2.05) is 13.8 Å². The van der Waals surface area contributed by atoms with Crippen LogP contribution in [0, 0.1) is 0 Å². The highest BCUT2D eigenvalue weighted by atomic mass is 16.5. The van der Waals surface area contributed by atoms with E-state index in [9.17, 15) is 9.90 Å². The Kier molecular flexibility index (Phi) is 9.86. The molecular formula is C16H25N3O4. The summed E-state index contributed by atoms with van der Waals surface area (Å²) in [5.74, 6) is -0.450. The Balaban J connectivity index is 0.00000232. The Morgan fingerprint density at radius 2 is 2.09 bits per heavy atom. The molecule has 0 fully saturated rings. The maximum atomic E-state index is 11.9. The topological polar surface area (TPSA) is 117 Å². The van der Waals surface area contributed by atoms with Gasteiger partial charge in [0.05, 0.1) is 6.61 Å². The first kappa shape index (κ1) is 20.5. The number of aliphatic imine (C=N–C) groups is 1. The third-order valence-corrected chi connectivity index (χ3v) is 2.38. The highest BCUT2D eigenvalue weighted by Crippen LogP contribution is 2.23. The van der Waals surface area contributed by atoms with Crippen LogP contribution in [0.15, 0.2) is 35.5 Å². The molecule has 7 nitrogen and oxygen atoms in total. The van der Waals surface area contributed by atoms with E-state index in [-0.39, 0.29) is 29.5 Å². The van der Waals surface area contributed by atoms with Crippen molar-refractivity contribution in [3.8, 4) is 11.5 Å². The largest absolute Gasteiger partial charge is 0.508 e. The molecule has 0 radical (unpaired) electrons. The Morgan fingerprint density at radius 1 is 1.43 bits per heavy atom. The number of amides is 1. The number of nitrogens with one attached hydrogen (secondary N) is 1. The lowest BCUT2D eigenvalue weighted by molar-refractivity contribution is 0.100. The summed E-state index contributed by atoms with van der Waals surface area (Å²) in [5.41, 5.74) is 5.69. The molecule has 5 N–H and O–H groups in total. The fourth-order valence-corrected chi connectivity index (χ4v) is 1.43. The van der Waals surface area contributed by atoms with Crippen molar-refractivity contribution in [1.29, 1.82) is 0 Å². The number of aliphatic hydroxyl groups is 1. The van der Waals surface area contributed by atoms with Crippen molar-refractivity contribution >= 4 is 11.7 Å². The van der Waals surface area contributed by atoms with Gasteiger partial charge in [0.25, 0.3) is 5.91 Å². The van der Waals surface area contributed by atoms with E-state index in [0.29, 0.717) is 0 Å². The molecule has 0 aliphatic rings. The van der Waals surface area contributed by atoms with Crippen molar-refractivity contribution in [3.05, 3.63) is 36.0 Å². The number of carbonyl (C=O) groups is 1. The van der Waals surface area contributed by atoms with Crippen LogP contribution in [-0.2, 0) is 0 Å². The van der Waals surface area contributed by atoms with Gasteiger partial charge in [-0.1, -0.05) is 13.8 Å². The number of hydrogen-bond acceptors (Lipinski definition) is 5. The normalized spacial score (nSPS) is 12.3. The molecule has 1 amide bonds. The summed E-state index contributed by atoms with van der Waals surface area (Å²) in [5, 5.41) is 21.3. The standard InChI is InChI=1S/C14H19N3O4.C2H6/c1-9(8-18)21-12-6-10(5-11(19)7-12)14(20)17-13(15)3-4-16-2;1-2/h3-7,9,16,18-19H,8H2,1-2H3,(H2,15,17,20);1-2H3/b4-3-;. The van der Waals surface area contributed by atoms with Crippen LogP contribution in [-0.4, -0.2) is 41.7 Å². The van der Waals surface area contributed by atoms with Crippen LogP contribution in [0.3, 0.4) is 0 Å². The first-order valence-corrected chi connectivity index (χ1v) is 7.30. The van der Waals surface area contributed by atoms with Crippen LogP contribution in [0.25, 0.3) is 0 Å². The molecule has 0 saturated carbocycles. The first-order valence-electron chi connectivity index (χ1n) is 7.30. The third kappa shape index (κ3) is 7.87. The average Bonchev–Trinajstić information content (AvgIpc) is 2.54. The SMILES string of the molecule is CC.CN/C=C\C(N)=NC(=O)c1cc(O)cc(OC(C)CO)c1. The van der Waals surface area contributed by atoms with Gasteiger partial charge in [-0.3, -0.25) is 4.79 Å². The third-order valence-electron chi connectivity index (χ3n) is 2.38. The number of carbonyl (C=O) groups excluding carboxylic acids is 1. The summed E-state index contributed by atoms with van der Waals surface area (Å²) in [6.45, 7) is 5.48. The smallest absolute Gasteiger partial charge is 0.279 e. The monoisotopic (exact) mass is 323 g/mol. The van der Waals surface area contributed by atoms with E-state index in [4.69, 9.17) is 15.6 Å². The lowest BCUT2D eigenvalue weighted by Gasteiger charge is -2.12. The zero-order valence-electron chi connectivity index (χ0n) is 13.9. The molecular weight excluding hydrogens is 298 g/mol. The number of amidine groups is 1. The van der Waals surface area contributed by atoms with E-state index in [0.717, 1.165) is 0 Å². The van der Waals surface area contributed by atoms with Gasteiger partial charge in [-0.15, -0.1) is 0 Å². The van der Waals surface area contributed by atoms with E-state index < -0.39 is 12.0 Å². The Morgan fingerprint density at radius 3 is 2.65 bits per heavy atom. The molecule has 0 heterocycles. The highest BCUT2D eigenvalue weighted by molar-refractivity contribution is 6.06. The van der Waals surface area contributed by atoms with Crippen LogP contribution in [0.4, 0.5) is 0 Å². The van der Waals surface area contributed by atoms with Crippen LogP contribution in [0.5, 0.6) is 11.5 Å². The van der Waals surface area contributed by atoms with Crippen LogP contribution in [0.1, 0.15) is 31.1 Å². The quantitative estimate of drug-likeness (QED) is 0.464. The summed E-state index contributed by atoms with van der Waals surface area (Å²) in [7, 11) is 1.69. The first-order chi connectivity index (χ1) is 11.0. The number of hydrogen-bond donors (Lipinski definition) is 4. The van der Waals surface area contributed by atoms with Gasteiger partial charge < -0.3 is 26.0 Å². The van der Waals surface area contributed by atoms with Crippen LogP contribution in [0.2, 0.25) is 0 Å². The molecule has 0 aromatic heterocycles. The number of benzene rings is 1. The molecule has 1 rings (SSSR count). The second-order valence-electron chi connectivity index (χ2n) is 4.29. The number of aliphatic hydroxyl groups excluding tert-OH is 1. The van der Waals surface area contributed by atoms with Crippen molar-refractivity contribution in [2.75, 3.05) is 13.7 Å². The molecule has 1 aromatic carbocycles. The van der Waals surface area contributed by atoms with Gasteiger partial charge in [0.1, 0.15) is 23.4 Å². The molecule has 1 aromatic rings. The fourth-order valence-electron chi connectivity index (χ4n) is 1.43. The maximum absolute atomic E-state index is 11.9. The van der Waals surface area contributed by atoms with Gasteiger partial charge in [-0.25, -0.2) is 0 Å². The summed E-state index contributed by atoms with van der Waals surface area (Å²) < 4.78 is 5.34. The number of phenolic OH excluding ortho intramolecular Hbond substituents is 1. The lowest BCUT2D eigenvalue weighted by Crippen LogP contribution is -2.16. The predicted molar refractivity (Wildman–Crippen MR) is 90.8 cm³/mol. The minimum atomic E-state index is -0.606. The van der Waals surface area contributed by atoms with Crippen molar-refractivity contribution in [1.82, 2.24) is 5.32 Å². The van der Waals surface area contributed by atoms with Gasteiger partial charge in [-0.2, -0.15) is 4.99 Å². The van der Waals surface area contributed by atoms with Gasteiger partial charge in [0.15, 0.2) is 0 Å². The van der Waals surface area contributed by atoms with E-state index in [1.54, 1.807) is 14.0 Å². The number of nitrogens with zero attached hydrogens (tertiary/aromatic N) is 1. The summed E-state index contributed by atoms with van der Waals surface area (Å²) >= 11 is 0. The zero-order valence-corrected chi connectivity index (χ0v) is 13.9. The molecule has 0 saturated heterocycles. The fraction of sp³-hybridized carbons (Fsp3) is 0.375. The maximum Gasteiger partial charge on any atom is 0.279 e. The van der Waals surface area contributed by atoms with Crippen molar-refractivity contribution in [2.45, 2.75) is 26.9 Å². The van der Waals surface area contributed by atoms with Crippen LogP contribution >= 0.6 is 0 Å². The minimum absolute atomic E-state index is 0.0314. The van der Waals surface area contributed by atoms with Gasteiger partial charge in [-0.05, 0) is 31.3 Å². The second-order valence-corrected chi connectivity index (χ2v) is 4.29. The molecule has 128 valence electrons. The van der Waals surface area contributed by atoms with Gasteiger partial charge >= 0.3 is 0 Å². The molecule has 0 bridgehead atoms. The number of phenols is 1. The van der Waals surface area contributed by atoms with E-state index in [1.165, 1.54) is 30.5 Å². The van der Waals surface area contributed by atoms with Crippen molar-refractivity contribution in [2.24, 2.45) is 10.7 Å². The number of rotatable bonds is 6. The average molecular weight is 323 g/mol. The summed E-state index contributed by atoms with van der Waals surface area (Å²) in [4.78, 5) is 15.6. The van der Waals surface area contributed by atoms with Crippen molar-refractivity contribution in [3.63, 3.8) is 0 Å². The van der Waals surface area contributed by atoms with Crippen molar-refractivity contribution < 1.29 is 19.7 Å². The van der Waals surface area contributed by atoms with E-state index in [2.05, 4.69) is 10.3 Å². The minimum Gasteiger partial charge on any atom is -0.508 e. The van der Waals surface area contributed by atoms with Gasteiger partial charge in [0.2, 0.25) is 0 Å². The second kappa shape index (κ2) is 11.1. The van der Waals surface area contributed by atoms with Gasteiger partial charge in [0, 0.05) is 18.7 Å². The zero-order chi connectivity index (χ0) is 17.8. The van der Waals surface area contributed by atoms with E-state index >= 15 is 0 Å². The highest BCUT2D eigenvalue weighted by Gasteiger charge is 2.10. The summed E-state index contributed by atoms with van der Waals surface area (Å²) in [6.07, 6.45) is 2.51. The molecule has 0 spiro atoms. The Hall–Kier alpha value is -2.54. The molecule has 0 aliphatic heterocycles. The van der Waals surface area contributed by atoms with Crippen LogP contribution < -0.4 is 15.8 Å². The number of aromatic hydroxyl groups is 1. The molecule has 7 heteroatoms. The summed E-state index contributed by atoms with van der Waals surface area (Å²) in [6, 6.07) is 4.03. The number of ether oxygens (including phenoxy) is 1. The molecule has 0 aliphatic carbocycles.